The first kappa shape index (κ1) is 17.0. The van der Waals surface area contributed by atoms with Gasteiger partial charge in [-0.25, -0.2) is 0 Å². The Morgan fingerprint density at radius 3 is 2.81 bits per heavy atom. The lowest BCUT2D eigenvalue weighted by atomic mass is 10.1. The largest absolute Gasteiger partial charge is 0.370 e. The molecule has 0 fully saturated rings. The molecule has 0 saturated heterocycles. The molecule has 0 aliphatic carbocycles. The fourth-order valence-corrected chi connectivity index (χ4v) is 1.85. The molecule has 0 aliphatic heterocycles. The summed E-state index contributed by atoms with van der Waals surface area (Å²) in [5.74, 6) is -0.115. The van der Waals surface area contributed by atoms with Gasteiger partial charge in [0.1, 0.15) is 0 Å². The van der Waals surface area contributed by atoms with E-state index in [2.05, 4.69) is 15.3 Å². The summed E-state index contributed by atoms with van der Waals surface area (Å²) in [4.78, 5) is 21.3. The van der Waals surface area contributed by atoms with Crippen molar-refractivity contribution in [1.82, 2.24) is 15.2 Å². The molecule has 0 unspecified atom stereocenters. The van der Waals surface area contributed by atoms with Crippen molar-refractivity contribution in [3.05, 3.63) is 36.0 Å². The van der Waals surface area contributed by atoms with Crippen molar-refractivity contribution in [2.45, 2.75) is 0 Å². The first-order chi connectivity index (χ1) is 9.58. The average molecular weight is 310 g/mol. The number of aliphatic imine (C=N–C) groups is 1. The maximum Gasteiger partial charge on any atom is 0.260 e. The van der Waals surface area contributed by atoms with Crippen LogP contribution in [-0.4, -0.2) is 48.9 Å². The number of aromatic amines is 1. The van der Waals surface area contributed by atoms with Crippen molar-refractivity contribution >= 4 is 35.2 Å². The minimum absolute atomic E-state index is 0. The molecule has 2 aromatic rings. The first-order valence-corrected chi connectivity index (χ1v) is 6.40. The molecular formula is C14H20ClN5O. The predicted octanol–water partition coefficient (Wildman–Crippen LogP) is 1.20. The van der Waals surface area contributed by atoms with Gasteiger partial charge in [0.15, 0.2) is 5.96 Å². The Morgan fingerprint density at radius 1 is 1.38 bits per heavy atom. The van der Waals surface area contributed by atoms with Gasteiger partial charge in [-0.05, 0) is 20.2 Å². The molecule has 0 atom stereocenters. The standard InChI is InChI=1S/C14H19N5O.ClH/c1-19(2)8-7-16-14(15)18-13(20)11-9-17-12-6-4-3-5-10(11)12;/h3-6,9,17H,7-8H2,1-2H3,(H3,15,16,18,20);1H. The van der Waals surface area contributed by atoms with E-state index in [0.717, 1.165) is 17.4 Å². The van der Waals surface area contributed by atoms with Crippen LogP contribution < -0.4 is 11.1 Å². The Morgan fingerprint density at radius 2 is 2.10 bits per heavy atom. The quantitative estimate of drug-likeness (QED) is 0.586. The summed E-state index contributed by atoms with van der Waals surface area (Å²) < 4.78 is 0. The molecule has 4 N–H and O–H groups in total. The number of guanidine groups is 1. The number of nitrogens with zero attached hydrogens (tertiary/aromatic N) is 2. The molecule has 1 aromatic heterocycles. The molecule has 0 bridgehead atoms. The molecule has 1 amide bonds. The van der Waals surface area contributed by atoms with Crippen molar-refractivity contribution in [1.29, 1.82) is 0 Å². The number of H-pyrrole nitrogens is 1. The molecule has 21 heavy (non-hydrogen) atoms. The zero-order valence-corrected chi connectivity index (χ0v) is 12.9. The van der Waals surface area contributed by atoms with Gasteiger partial charge < -0.3 is 15.6 Å². The fourth-order valence-electron chi connectivity index (χ4n) is 1.85. The molecule has 0 saturated carbocycles. The molecule has 1 aromatic carbocycles. The minimum atomic E-state index is -0.256. The lowest BCUT2D eigenvalue weighted by Gasteiger charge is -2.07. The molecule has 0 aliphatic rings. The number of nitrogens with two attached hydrogens (primary N) is 1. The Kier molecular flexibility index (Phi) is 6.20. The first-order valence-electron chi connectivity index (χ1n) is 6.40. The molecular weight excluding hydrogens is 290 g/mol. The highest BCUT2D eigenvalue weighted by Gasteiger charge is 2.12. The summed E-state index contributed by atoms with van der Waals surface area (Å²) in [5, 5.41) is 3.47. The van der Waals surface area contributed by atoms with Gasteiger partial charge in [-0.15, -0.1) is 12.4 Å². The van der Waals surface area contributed by atoms with Crippen LogP contribution in [0.1, 0.15) is 10.4 Å². The van der Waals surface area contributed by atoms with Crippen molar-refractivity contribution in [2.24, 2.45) is 10.7 Å². The number of carbonyl (C=O) groups excluding carboxylic acids is 1. The van der Waals surface area contributed by atoms with E-state index in [4.69, 9.17) is 5.73 Å². The number of halogens is 1. The van der Waals surface area contributed by atoms with Crippen molar-refractivity contribution in [2.75, 3.05) is 27.2 Å². The molecule has 114 valence electrons. The van der Waals surface area contributed by atoms with Crippen LogP contribution in [0.2, 0.25) is 0 Å². The van der Waals surface area contributed by atoms with Gasteiger partial charge in [-0.3, -0.25) is 15.1 Å². The van der Waals surface area contributed by atoms with Gasteiger partial charge in [0.25, 0.3) is 5.91 Å². The maximum absolute atomic E-state index is 12.1. The van der Waals surface area contributed by atoms with Gasteiger partial charge in [0.2, 0.25) is 0 Å². The Hall–Kier alpha value is -2.05. The zero-order chi connectivity index (χ0) is 14.5. The molecule has 0 radical (unpaired) electrons. The van der Waals surface area contributed by atoms with Gasteiger partial charge in [-0.2, -0.15) is 0 Å². The van der Waals surface area contributed by atoms with Crippen LogP contribution in [0.4, 0.5) is 0 Å². The molecule has 1 heterocycles. The number of amides is 1. The summed E-state index contributed by atoms with van der Waals surface area (Å²) in [6.45, 7) is 1.33. The summed E-state index contributed by atoms with van der Waals surface area (Å²) in [6, 6.07) is 7.61. The number of fused-ring (bicyclic) bond motifs is 1. The van der Waals surface area contributed by atoms with Crippen LogP contribution in [0.3, 0.4) is 0 Å². The second kappa shape index (κ2) is 7.66. The number of hydrogen-bond acceptors (Lipinski definition) is 3. The number of carbonyl (C=O) groups is 1. The van der Waals surface area contributed by atoms with Crippen molar-refractivity contribution in [3.63, 3.8) is 0 Å². The van der Waals surface area contributed by atoms with Crippen LogP contribution in [0.25, 0.3) is 10.9 Å². The topological polar surface area (TPSA) is 86.5 Å². The van der Waals surface area contributed by atoms with E-state index in [0.29, 0.717) is 12.1 Å². The van der Waals surface area contributed by atoms with Gasteiger partial charge in [0, 0.05) is 23.6 Å². The Labute approximate surface area is 129 Å². The molecule has 0 spiro atoms. The second-order valence-corrected chi connectivity index (χ2v) is 4.77. The van der Waals surface area contributed by atoms with E-state index >= 15 is 0 Å². The lowest BCUT2D eigenvalue weighted by Crippen LogP contribution is -2.37. The SMILES string of the molecule is CN(C)CCN=C(N)NC(=O)c1c[nH]c2ccccc12.Cl. The number of para-hydroxylation sites is 1. The van der Waals surface area contributed by atoms with Crippen molar-refractivity contribution < 1.29 is 4.79 Å². The van der Waals surface area contributed by atoms with E-state index in [9.17, 15) is 4.79 Å². The second-order valence-electron chi connectivity index (χ2n) is 4.77. The summed E-state index contributed by atoms with van der Waals surface area (Å²) in [7, 11) is 3.91. The van der Waals surface area contributed by atoms with Crippen LogP contribution in [0.15, 0.2) is 35.5 Å². The third-order valence-electron chi connectivity index (χ3n) is 2.90. The summed E-state index contributed by atoms with van der Waals surface area (Å²) in [6.07, 6.45) is 1.67. The number of hydrogen-bond donors (Lipinski definition) is 3. The van der Waals surface area contributed by atoms with Crippen molar-refractivity contribution in [3.8, 4) is 0 Å². The molecule has 2 rings (SSSR count). The van der Waals surface area contributed by atoms with Gasteiger partial charge >= 0.3 is 0 Å². The van der Waals surface area contributed by atoms with E-state index < -0.39 is 0 Å². The van der Waals surface area contributed by atoms with Gasteiger partial charge in [-0.1, -0.05) is 18.2 Å². The number of rotatable bonds is 4. The van der Waals surface area contributed by atoms with Gasteiger partial charge in [0.05, 0.1) is 12.1 Å². The van der Waals surface area contributed by atoms with Crippen LogP contribution in [0.5, 0.6) is 0 Å². The monoisotopic (exact) mass is 309 g/mol. The summed E-state index contributed by atoms with van der Waals surface area (Å²) >= 11 is 0. The van der Waals surface area contributed by atoms with Crippen LogP contribution in [-0.2, 0) is 0 Å². The highest BCUT2D eigenvalue weighted by Crippen LogP contribution is 2.17. The summed E-state index contributed by atoms with van der Waals surface area (Å²) in [5.41, 5.74) is 7.18. The third kappa shape index (κ3) is 4.47. The highest BCUT2D eigenvalue weighted by atomic mass is 35.5. The fraction of sp³-hybridized carbons (Fsp3) is 0.286. The zero-order valence-electron chi connectivity index (χ0n) is 12.1. The van der Waals surface area contributed by atoms with E-state index in [1.54, 1.807) is 6.20 Å². The lowest BCUT2D eigenvalue weighted by molar-refractivity contribution is 0.0978. The van der Waals surface area contributed by atoms with E-state index in [1.807, 2.05) is 43.3 Å². The number of aromatic nitrogens is 1. The smallest absolute Gasteiger partial charge is 0.260 e. The van der Waals surface area contributed by atoms with E-state index in [-0.39, 0.29) is 24.3 Å². The Bertz CT molecular complexity index is 635. The highest BCUT2D eigenvalue weighted by molar-refractivity contribution is 6.12. The minimum Gasteiger partial charge on any atom is -0.370 e. The Balaban J connectivity index is 0.00000220. The molecule has 7 heteroatoms. The average Bonchev–Trinajstić information content (AvgIpc) is 2.82. The van der Waals surface area contributed by atoms with Crippen LogP contribution in [0, 0.1) is 0 Å². The predicted molar refractivity (Wildman–Crippen MR) is 88.1 cm³/mol. The molecule has 6 nitrogen and oxygen atoms in total. The third-order valence-corrected chi connectivity index (χ3v) is 2.90. The maximum atomic E-state index is 12.1. The number of nitrogens with one attached hydrogen (secondary N) is 2. The van der Waals surface area contributed by atoms with E-state index in [1.165, 1.54) is 0 Å². The normalized spacial score (nSPS) is 11.5. The number of likely N-dealkylation sites (N-methyl/N-ethyl adjacent to an activating group) is 1. The van der Waals surface area contributed by atoms with Crippen LogP contribution >= 0.6 is 12.4 Å². The number of benzene rings is 1.